The summed E-state index contributed by atoms with van der Waals surface area (Å²) in [5.41, 5.74) is 6.17. The van der Waals surface area contributed by atoms with Gasteiger partial charge < -0.3 is 15.2 Å². The summed E-state index contributed by atoms with van der Waals surface area (Å²) in [5.74, 6) is 0.669. The molecule has 2 aliphatic rings. The molecule has 0 bridgehead atoms. The van der Waals surface area contributed by atoms with Crippen LogP contribution in [-0.2, 0) is 9.47 Å². The van der Waals surface area contributed by atoms with E-state index in [-0.39, 0.29) is 0 Å². The highest BCUT2D eigenvalue weighted by Crippen LogP contribution is 2.54. The maximum absolute atomic E-state index is 5.80. The third-order valence-electron chi connectivity index (χ3n) is 4.03. The highest BCUT2D eigenvalue weighted by molar-refractivity contribution is 5.04. The van der Waals surface area contributed by atoms with E-state index in [1.807, 2.05) is 0 Å². The standard InChI is InChI=1S/C11H21NO2/c1-2-14-10-7-9(8-12)11(10)3-5-13-6-4-11/h9-10H,2-8,12H2,1H3. The first-order valence-electron chi connectivity index (χ1n) is 5.73. The van der Waals surface area contributed by atoms with Crippen molar-refractivity contribution in [1.82, 2.24) is 0 Å². The first-order valence-corrected chi connectivity index (χ1v) is 5.73. The Hall–Kier alpha value is -0.120. The van der Waals surface area contributed by atoms with Gasteiger partial charge in [0.1, 0.15) is 0 Å². The fourth-order valence-electron chi connectivity index (χ4n) is 3.08. The molecular formula is C11H21NO2. The maximum Gasteiger partial charge on any atom is 0.0639 e. The molecule has 0 aromatic heterocycles. The normalized spacial score (nSPS) is 35.6. The van der Waals surface area contributed by atoms with Crippen molar-refractivity contribution in [3.05, 3.63) is 0 Å². The van der Waals surface area contributed by atoms with Gasteiger partial charge >= 0.3 is 0 Å². The van der Waals surface area contributed by atoms with Crippen LogP contribution < -0.4 is 5.73 Å². The largest absolute Gasteiger partial charge is 0.381 e. The summed E-state index contributed by atoms with van der Waals surface area (Å²) in [7, 11) is 0. The molecule has 1 saturated carbocycles. The fraction of sp³-hybridized carbons (Fsp3) is 1.00. The smallest absolute Gasteiger partial charge is 0.0639 e. The van der Waals surface area contributed by atoms with Crippen LogP contribution in [0.2, 0.25) is 0 Å². The summed E-state index contributed by atoms with van der Waals surface area (Å²) in [6.45, 7) is 5.48. The molecule has 2 atom stereocenters. The molecule has 3 nitrogen and oxygen atoms in total. The molecule has 1 heterocycles. The van der Waals surface area contributed by atoms with E-state index in [1.54, 1.807) is 0 Å². The zero-order chi connectivity index (χ0) is 10.0. The quantitative estimate of drug-likeness (QED) is 0.742. The van der Waals surface area contributed by atoms with E-state index in [1.165, 1.54) is 0 Å². The summed E-state index contributed by atoms with van der Waals surface area (Å²) in [6, 6.07) is 0. The number of rotatable bonds is 3. The van der Waals surface area contributed by atoms with Crippen molar-refractivity contribution in [2.75, 3.05) is 26.4 Å². The third-order valence-corrected chi connectivity index (χ3v) is 4.03. The molecule has 2 fully saturated rings. The minimum atomic E-state index is 0.364. The van der Waals surface area contributed by atoms with Gasteiger partial charge in [-0.05, 0) is 38.6 Å². The Kier molecular flexibility index (Phi) is 3.10. The second-order valence-electron chi connectivity index (χ2n) is 4.46. The Balaban J connectivity index is 2.01. The number of ether oxygens (including phenoxy) is 2. The van der Waals surface area contributed by atoms with Gasteiger partial charge in [0.2, 0.25) is 0 Å². The molecule has 14 heavy (non-hydrogen) atoms. The molecule has 3 heteroatoms. The molecule has 1 saturated heterocycles. The van der Waals surface area contributed by atoms with Gasteiger partial charge in [0, 0.05) is 25.2 Å². The second-order valence-corrected chi connectivity index (χ2v) is 4.46. The third kappa shape index (κ3) is 1.47. The zero-order valence-electron chi connectivity index (χ0n) is 9.00. The zero-order valence-corrected chi connectivity index (χ0v) is 9.00. The molecule has 82 valence electrons. The lowest BCUT2D eigenvalue weighted by molar-refractivity contribution is -0.189. The SMILES string of the molecule is CCOC1CC(CN)C12CCOCC2. The van der Waals surface area contributed by atoms with Crippen LogP contribution in [0.15, 0.2) is 0 Å². The summed E-state index contributed by atoms with van der Waals surface area (Å²) in [4.78, 5) is 0. The summed E-state index contributed by atoms with van der Waals surface area (Å²) in [5, 5.41) is 0. The van der Waals surface area contributed by atoms with Gasteiger partial charge in [0.25, 0.3) is 0 Å². The van der Waals surface area contributed by atoms with Gasteiger partial charge in [-0.3, -0.25) is 0 Å². The first kappa shape index (κ1) is 10.4. The number of nitrogens with two attached hydrogens (primary N) is 1. The molecule has 0 aromatic carbocycles. The highest BCUT2D eigenvalue weighted by atomic mass is 16.5. The Morgan fingerprint density at radius 3 is 2.71 bits per heavy atom. The van der Waals surface area contributed by atoms with E-state index in [0.29, 0.717) is 17.4 Å². The predicted octanol–water partition coefficient (Wildman–Crippen LogP) is 1.17. The van der Waals surface area contributed by atoms with Crippen LogP contribution in [0.3, 0.4) is 0 Å². The highest BCUT2D eigenvalue weighted by Gasteiger charge is 2.54. The van der Waals surface area contributed by atoms with E-state index in [4.69, 9.17) is 15.2 Å². The van der Waals surface area contributed by atoms with Crippen molar-refractivity contribution in [2.24, 2.45) is 17.1 Å². The average molecular weight is 199 g/mol. The Morgan fingerprint density at radius 1 is 1.43 bits per heavy atom. The molecule has 2 unspecified atom stereocenters. The number of hydrogen-bond donors (Lipinski definition) is 1. The molecule has 1 aliphatic heterocycles. The van der Waals surface area contributed by atoms with Crippen molar-refractivity contribution in [3.8, 4) is 0 Å². The van der Waals surface area contributed by atoms with Crippen molar-refractivity contribution in [3.63, 3.8) is 0 Å². The summed E-state index contributed by atoms with van der Waals surface area (Å²) in [6.07, 6.45) is 3.88. The van der Waals surface area contributed by atoms with E-state index >= 15 is 0 Å². The van der Waals surface area contributed by atoms with Gasteiger partial charge in [-0.15, -0.1) is 0 Å². The van der Waals surface area contributed by atoms with E-state index in [0.717, 1.165) is 45.6 Å². The van der Waals surface area contributed by atoms with Gasteiger partial charge in [-0.2, -0.15) is 0 Å². The monoisotopic (exact) mass is 199 g/mol. The minimum absolute atomic E-state index is 0.364. The van der Waals surface area contributed by atoms with Crippen LogP contribution in [-0.4, -0.2) is 32.5 Å². The van der Waals surface area contributed by atoms with Crippen molar-refractivity contribution in [2.45, 2.75) is 32.3 Å². The van der Waals surface area contributed by atoms with E-state index < -0.39 is 0 Å². The van der Waals surface area contributed by atoms with Crippen LogP contribution >= 0.6 is 0 Å². The lowest BCUT2D eigenvalue weighted by atomic mass is 9.54. The lowest BCUT2D eigenvalue weighted by Crippen LogP contribution is -2.59. The molecule has 2 N–H and O–H groups in total. The van der Waals surface area contributed by atoms with Crippen molar-refractivity contribution >= 4 is 0 Å². The van der Waals surface area contributed by atoms with E-state index in [2.05, 4.69) is 6.92 Å². The van der Waals surface area contributed by atoms with Crippen molar-refractivity contribution in [1.29, 1.82) is 0 Å². The molecule has 1 spiro atoms. The average Bonchev–Trinajstić information content (AvgIpc) is 2.25. The first-order chi connectivity index (χ1) is 6.83. The van der Waals surface area contributed by atoms with Crippen LogP contribution in [0.1, 0.15) is 26.2 Å². The van der Waals surface area contributed by atoms with Gasteiger partial charge in [-0.1, -0.05) is 0 Å². The van der Waals surface area contributed by atoms with Crippen LogP contribution in [0.5, 0.6) is 0 Å². The Labute approximate surface area is 85.9 Å². The molecule has 2 rings (SSSR count). The summed E-state index contributed by atoms with van der Waals surface area (Å²) < 4.78 is 11.2. The second kappa shape index (κ2) is 4.17. The van der Waals surface area contributed by atoms with Crippen molar-refractivity contribution < 1.29 is 9.47 Å². The predicted molar refractivity (Wildman–Crippen MR) is 55.1 cm³/mol. The van der Waals surface area contributed by atoms with Crippen LogP contribution in [0.4, 0.5) is 0 Å². The molecule has 0 radical (unpaired) electrons. The molecule has 1 aliphatic carbocycles. The summed E-state index contributed by atoms with van der Waals surface area (Å²) >= 11 is 0. The van der Waals surface area contributed by atoms with E-state index in [9.17, 15) is 0 Å². The Morgan fingerprint density at radius 2 is 2.14 bits per heavy atom. The van der Waals surface area contributed by atoms with Gasteiger partial charge in [-0.25, -0.2) is 0 Å². The molecule has 0 aromatic rings. The maximum atomic E-state index is 5.80. The van der Waals surface area contributed by atoms with Crippen LogP contribution in [0, 0.1) is 11.3 Å². The fourth-order valence-corrected chi connectivity index (χ4v) is 3.08. The van der Waals surface area contributed by atoms with Gasteiger partial charge in [0.15, 0.2) is 0 Å². The lowest BCUT2D eigenvalue weighted by Gasteiger charge is -2.57. The number of hydrogen-bond acceptors (Lipinski definition) is 3. The van der Waals surface area contributed by atoms with Crippen LogP contribution in [0.25, 0.3) is 0 Å². The Bertz CT molecular complexity index is 190. The topological polar surface area (TPSA) is 44.5 Å². The molecule has 0 amide bonds. The van der Waals surface area contributed by atoms with Gasteiger partial charge in [0.05, 0.1) is 6.10 Å². The minimum Gasteiger partial charge on any atom is -0.381 e. The molecular weight excluding hydrogens is 178 g/mol.